The lowest BCUT2D eigenvalue weighted by atomic mass is 10.2. The first-order valence-electron chi connectivity index (χ1n) is 5.11. The second-order valence-electron chi connectivity index (χ2n) is 4.08. The van der Waals surface area contributed by atoms with Crippen LogP contribution in [0.4, 0.5) is 5.13 Å². The van der Waals surface area contributed by atoms with Gasteiger partial charge in [0, 0.05) is 18.0 Å². The van der Waals surface area contributed by atoms with Gasteiger partial charge >= 0.3 is 0 Å². The minimum absolute atomic E-state index is 0.0142. The van der Waals surface area contributed by atoms with Gasteiger partial charge in [0.25, 0.3) is 0 Å². The molecule has 0 spiro atoms. The van der Waals surface area contributed by atoms with E-state index in [0.717, 1.165) is 12.2 Å². The molecule has 3 N–H and O–H groups in total. The van der Waals surface area contributed by atoms with Crippen LogP contribution in [0.3, 0.4) is 0 Å². The lowest BCUT2D eigenvalue weighted by Crippen LogP contribution is -2.40. The van der Waals surface area contributed by atoms with Crippen molar-refractivity contribution in [2.75, 3.05) is 26.4 Å². The van der Waals surface area contributed by atoms with Crippen molar-refractivity contribution in [2.24, 2.45) is 0 Å². The summed E-state index contributed by atoms with van der Waals surface area (Å²) in [5.74, 6) is -0.0142. The summed E-state index contributed by atoms with van der Waals surface area (Å²) in [4.78, 5) is 17.7. The number of hydrogen-bond acceptors (Lipinski definition) is 5. The molecule has 1 rings (SSSR count). The van der Waals surface area contributed by atoms with E-state index < -0.39 is 0 Å². The lowest BCUT2D eigenvalue weighted by molar-refractivity contribution is -0.121. The highest BCUT2D eigenvalue weighted by Crippen LogP contribution is 2.11. The van der Waals surface area contributed by atoms with Crippen LogP contribution in [0.1, 0.15) is 12.6 Å². The molecule has 90 valence electrons. The Morgan fingerprint density at radius 3 is 2.88 bits per heavy atom. The second-order valence-corrected chi connectivity index (χ2v) is 4.97. The monoisotopic (exact) mass is 242 g/mol. The zero-order chi connectivity index (χ0) is 12.1. The Balaban J connectivity index is 2.36. The lowest BCUT2D eigenvalue weighted by Gasteiger charge is -2.17. The predicted molar refractivity (Wildman–Crippen MR) is 66.4 cm³/mol. The van der Waals surface area contributed by atoms with Crippen LogP contribution in [0, 0.1) is 0 Å². The van der Waals surface area contributed by atoms with E-state index in [1.165, 1.54) is 11.3 Å². The van der Waals surface area contributed by atoms with Crippen molar-refractivity contribution in [2.45, 2.75) is 19.4 Å². The molecule has 0 saturated heterocycles. The zero-order valence-corrected chi connectivity index (χ0v) is 10.7. The zero-order valence-electron chi connectivity index (χ0n) is 9.86. The van der Waals surface area contributed by atoms with E-state index >= 15 is 0 Å². The normalized spacial score (nSPS) is 12.8. The first-order chi connectivity index (χ1) is 7.47. The molecule has 6 heteroatoms. The van der Waals surface area contributed by atoms with Crippen LogP contribution in [0.2, 0.25) is 0 Å². The van der Waals surface area contributed by atoms with Gasteiger partial charge in [-0.25, -0.2) is 4.98 Å². The van der Waals surface area contributed by atoms with E-state index in [-0.39, 0.29) is 11.9 Å². The topological polar surface area (TPSA) is 71.2 Å². The number of nitrogens with one attached hydrogen (secondary N) is 1. The summed E-state index contributed by atoms with van der Waals surface area (Å²) in [6, 6.07) is 0.137. The maximum Gasteiger partial charge on any atom is 0.226 e. The Bertz CT molecular complexity index is 350. The Morgan fingerprint density at radius 1 is 1.69 bits per heavy atom. The van der Waals surface area contributed by atoms with Gasteiger partial charge < -0.3 is 16.0 Å². The van der Waals surface area contributed by atoms with Gasteiger partial charge in [0.15, 0.2) is 5.13 Å². The fourth-order valence-electron chi connectivity index (χ4n) is 1.49. The molecular formula is C10H18N4OS. The number of hydrogen-bond donors (Lipinski definition) is 2. The molecular weight excluding hydrogens is 224 g/mol. The van der Waals surface area contributed by atoms with Gasteiger partial charge in [-0.1, -0.05) is 0 Å². The number of likely N-dealkylation sites (N-methyl/N-ethyl adjacent to an activating group) is 1. The highest BCUT2D eigenvalue weighted by molar-refractivity contribution is 7.13. The van der Waals surface area contributed by atoms with Crippen LogP contribution < -0.4 is 11.1 Å². The van der Waals surface area contributed by atoms with Gasteiger partial charge in [0.1, 0.15) is 0 Å². The number of carbonyl (C=O) groups is 1. The van der Waals surface area contributed by atoms with Crippen LogP contribution in [0.25, 0.3) is 0 Å². The van der Waals surface area contributed by atoms with E-state index in [1.807, 2.05) is 31.3 Å². The van der Waals surface area contributed by atoms with Crippen molar-refractivity contribution in [3.63, 3.8) is 0 Å². The van der Waals surface area contributed by atoms with Crippen LogP contribution in [0.5, 0.6) is 0 Å². The molecule has 0 saturated carbocycles. The third kappa shape index (κ3) is 4.59. The maximum atomic E-state index is 11.6. The standard InChI is InChI=1S/C10H18N4OS/c1-7(5-14(2)3)12-9(15)4-8-6-16-10(11)13-8/h6-7H,4-5H2,1-3H3,(H2,11,13)(H,12,15). The molecule has 0 radical (unpaired) electrons. The fraction of sp³-hybridized carbons (Fsp3) is 0.600. The number of aromatic nitrogens is 1. The van der Waals surface area contributed by atoms with Crippen LogP contribution in [0.15, 0.2) is 5.38 Å². The number of nitrogens with two attached hydrogens (primary N) is 1. The number of rotatable bonds is 5. The molecule has 0 aliphatic carbocycles. The van der Waals surface area contributed by atoms with E-state index in [0.29, 0.717) is 11.6 Å². The van der Waals surface area contributed by atoms with Crippen LogP contribution in [-0.2, 0) is 11.2 Å². The highest BCUT2D eigenvalue weighted by atomic mass is 32.1. The molecule has 1 amide bonds. The molecule has 16 heavy (non-hydrogen) atoms. The molecule has 0 bridgehead atoms. The molecule has 0 fully saturated rings. The Labute approximate surface area is 99.7 Å². The predicted octanol–water partition coefficient (Wildman–Crippen LogP) is 0.334. The summed E-state index contributed by atoms with van der Waals surface area (Å²) in [7, 11) is 3.95. The Hall–Kier alpha value is -1.14. The van der Waals surface area contributed by atoms with Crippen molar-refractivity contribution < 1.29 is 4.79 Å². The van der Waals surface area contributed by atoms with Crippen LogP contribution in [-0.4, -0.2) is 42.5 Å². The van der Waals surface area contributed by atoms with Crippen molar-refractivity contribution in [3.05, 3.63) is 11.1 Å². The third-order valence-electron chi connectivity index (χ3n) is 1.96. The SMILES string of the molecule is CC(CN(C)C)NC(=O)Cc1csc(N)n1. The maximum absolute atomic E-state index is 11.6. The summed E-state index contributed by atoms with van der Waals surface area (Å²) in [6.07, 6.45) is 0.297. The summed E-state index contributed by atoms with van der Waals surface area (Å²) >= 11 is 1.35. The number of nitrogen functional groups attached to an aromatic ring is 1. The van der Waals surface area contributed by atoms with Gasteiger partial charge in [-0.05, 0) is 21.0 Å². The van der Waals surface area contributed by atoms with E-state index in [1.54, 1.807) is 0 Å². The van der Waals surface area contributed by atoms with Gasteiger partial charge in [-0.3, -0.25) is 4.79 Å². The number of thiazole rings is 1. The molecule has 1 aromatic rings. The average Bonchev–Trinajstić information content (AvgIpc) is 2.48. The average molecular weight is 242 g/mol. The molecule has 1 heterocycles. The van der Waals surface area contributed by atoms with Crippen LogP contribution >= 0.6 is 11.3 Å². The minimum Gasteiger partial charge on any atom is -0.375 e. The molecule has 1 aromatic heterocycles. The molecule has 1 atom stereocenters. The van der Waals surface area contributed by atoms with Gasteiger partial charge in [-0.2, -0.15) is 0 Å². The largest absolute Gasteiger partial charge is 0.375 e. The molecule has 0 aromatic carbocycles. The van der Waals surface area contributed by atoms with E-state index in [4.69, 9.17) is 5.73 Å². The van der Waals surface area contributed by atoms with Crippen molar-refractivity contribution in [3.8, 4) is 0 Å². The summed E-state index contributed by atoms with van der Waals surface area (Å²) < 4.78 is 0. The van der Waals surface area contributed by atoms with Crippen molar-refractivity contribution in [1.82, 2.24) is 15.2 Å². The van der Waals surface area contributed by atoms with Gasteiger partial charge in [0.2, 0.25) is 5.91 Å². The Kier molecular flexibility index (Phi) is 4.70. The number of carbonyl (C=O) groups excluding carboxylic acids is 1. The number of nitrogens with zero attached hydrogens (tertiary/aromatic N) is 2. The van der Waals surface area contributed by atoms with Crippen molar-refractivity contribution >= 4 is 22.4 Å². The Morgan fingerprint density at radius 2 is 2.38 bits per heavy atom. The van der Waals surface area contributed by atoms with E-state index in [2.05, 4.69) is 10.3 Å². The molecule has 0 aliphatic rings. The summed E-state index contributed by atoms with van der Waals surface area (Å²) in [6.45, 7) is 2.80. The molecule has 0 aliphatic heterocycles. The minimum atomic E-state index is -0.0142. The molecule has 1 unspecified atom stereocenters. The fourth-order valence-corrected chi connectivity index (χ4v) is 2.05. The first-order valence-corrected chi connectivity index (χ1v) is 5.99. The number of amides is 1. The van der Waals surface area contributed by atoms with Gasteiger partial charge in [-0.15, -0.1) is 11.3 Å². The third-order valence-corrected chi connectivity index (χ3v) is 2.68. The highest BCUT2D eigenvalue weighted by Gasteiger charge is 2.10. The molecule has 5 nitrogen and oxygen atoms in total. The smallest absolute Gasteiger partial charge is 0.226 e. The van der Waals surface area contributed by atoms with Crippen molar-refractivity contribution in [1.29, 1.82) is 0 Å². The van der Waals surface area contributed by atoms with E-state index in [9.17, 15) is 4.79 Å². The summed E-state index contributed by atoms with van der Waals surface area (Å²) in [5.41, 5.74) is 6.22. The summed E-state index contributed by atoms with van der Waals surface area (Å²) in [5, 5.41) is 5.23. The number of anilines is 1. The first kappa shape index (κ1) is 12.9. The quantitative estimate of drug-likeness (QED) is 0.781. The second kappa shape index (κ2) is 5.81. The van der Waals surface area contributed by atoms with Gasteiger partial charge in [0.05, 0.1) is 12.1 Å².